The molecule has 0 aliphatic heterocycles. The van der Waals surface area contributed by atoms with Crippen molar-refractivity contribution in [2.75, 3.05) is 0 Å². The lowest BCUT2D eigenvalue weighted by atomic mass is 9.47. The quantitative estimate of drug-likeness (QED) is 0.886. The Morgan fingerprint density at radius 2 is 2.19 bits per heavy atom. The van der Waals surface area contributed by atoms with Gasteiger partial charge in [0.25, 0.3) is 0 Å². The van der Waals surface area contributed by atoms with Crippen LogP contribution in [0.4, 0.5) is 0 Å². The lowest BCUT2D eigenvalue weighted by Gasteiger charge is -2.59. The molecule has 2 atom stereocenters. The number of aromatic nitrogens is 2. The van der Waals surface area contributed by atoms with Crippen molar-refractivity contribution in [3.05, 3.63) is 29.7 Å². The van der Waals surface area contributed by atoms with Crippen molar-refractivity contribution >= 4 is 0 Å². The lowest BCUT2D eigenvalue weighted by Crippen LogP contribution is -2.60. The van der Waals surface area contributed by atoms with Gasteiger partial charge in [0.1, 0.15) is 5.75 Å². The first kappa shape index (κ1) is 12.8. The zero-order valence-electron chi connectivity index (χ0n) is 12.0. The summed E-state index contributed by atoms with van der Waals surface area (Å²) < 4.78 is 5.49. The molecule has 0 amide bonds. The normalized spacial score (nSPS) is 26.4. The fraction of sp³-hybridized carbons (Fsp3) is 0.500. The Morgan fingerprint density at radius 3 is 2.81 bits per heavy atom. The van der Waals surface area contributed by atoms with E-state index in [1.807, 2.05) is 19.1 Å². The molecule has 1 aromatic carbocycles. The van der Waals surface area contributed by atoms with E-state index in [4.69, 9.17) is 10.3 Å². The second-order valence-electron chi connectivity index (χ2n) is 6.44. The summed E-state index contributed by atoms with van der Waals surface area (Å²) in [6.45, 7) is 1.86. The predicted molar refractivity (Wildman–Crippen MR) is 77.8 cm³/mol. The maximum absolute atomic E-state index is 9.59. The number of hydrogen-bond donors (Lipinski definition) is 2. The van der Waals surface area contributed by atoms with Crippen LogP contribution in [0.5, 0.6) is 5.75 Å². The van der Waals surface area contributed by atoms with E-state index in [0.717, 1.165) is 23.4 Å². The topological polar surface area (TPSA) is 85.2 Å². The first-order chi connectivity index (χ1) is 10.1. The highest BCUT2D eigenvalue weighted by Crippen LogP contribution is 2.62. The van der Waals surface area contributed by atoms with E-state index in [-0.39, 0.29) is 17.2 Å². The van der Waals surface area contributed by atoms with Crippen LogP contribution in [0.2, 0.25) is 0 Å². The number of hydrogen-bond acceptors (Lipinski definition) is 5. The van der Waals surface area contributed by atoms with Crippen LogP contribution in [0.25, 0.3) is 11.4 Å². The number of aryl methyl sites for hydroxylation is 1. The Labute approximate surface area is 123 Å². The van der Waals surface area contributed by atoms with E-state index >= 15 is 0 Å². The van der Waals surface area contributed by atoms with Crippen LogP contribution in [-0.4, -0.2) is 21.3 Å². The fourth-order valence-corrected chi connectivity index (χ4v) is 3.76. The van der Waals surface area contributed by atoms with Gasteiger partial charge in [-0.05, 0) is 55.4 Å². The molecule has 2 aliphatic carbocycles. The Hall–Kier alpha value is -1.88. The second kappa shape index (κ2) is 4.31. The zero-order chi connectivity index (χ0) is 14.6. The summed E-state index contributed by atoms with van der Waals surface area (Å²) in [7, 11) is 0. The molecule has 0 bridgehead atoms. The van der Waals surface area contributed by atoms with Gasteiger partial charge in [-0.3, -0.25) is 0 Å². The molecule has 5 heteroatoms. The van der Waals surface area contributed by atoms with Gasteiger partial charge in [0.2, 0.25) is 11.7 Å². The molecule has 0 unspecified atom stereocenters. The number of aromatic hydroxyl groups is 1. The van der Waals surface area contributed by atoms with E-state index in [1.165, 1.54) is 19.3 Å². The van der Waals surface area contributed by atoms with Gasteiger partial charge >= 0.3 is 0 Å². The molecular formula is C16H19N3O2. The Bertz CT molecular complexity index is 691. The average molecular weight is 285 g/mol. The molecule has 2 aliphatic rings. The van der Waals surface area contributed by atoms with Crippen molar-refractivity contribution in [2.45, 2.75) is 44.6 Å². The Morgan fingerprint density at radius 1 is 1.38 bits per heavy atom. The van der Waals surface area contributed by atoms with E-state index < -0.39 is 0 Å². The molecule has 5 nitrogen and oxygen atoms in total. The highest BCUT2D eigenvalue weighted by atomic mass is 16.5. The Balaban J connectivity index is 1.63. The summed E-state index contributed by atoms with van der Waals surface area (Å²) in [5.41, 5.74) is 8.07. The van der Waals surface area contributed by atoms with Crippen LogP contribution in [0.3, 0.4) is 0 Å². The van der Waals surface area contributed by atoms with Crippen molar-refractivity contribution in [1.82, 2.24) is 10.1 Å². The van der Waals surface area contributed by atoms with E-state index in [0.29, 0.717) is 11.7 Å². The summed E-state index contributed by atoms with van der Waals surface area (Å²) in [5.74, 6) is 1.90. The molecule has 1 spiro atoms. The van der Waals surface area contributed by atoms with Crippen LogP contribution >= 0.6 is 0 Å². The fourth-order valence-electron chi connectivity index (χ4n) is 3.76. The highest BCUT2D eigenvalue weighted by Gasteiger charge is 2.59. The maximum Gasteiger partial charge on any atom is 0.230 e. The average Bonchev–Trinajstić information content (AvgIpc) is 2.86. The molecule has 2 saturated carbocycles. The molecule has 110 valence electrons. The number of nitrogens with two attached hydrogens (primary N) is 1. The van der Waals surface area contributed by atoms with Crippen LogP contribution in [0, 0.1) is 12.3 Å². The lowest BCUT2D eigenvalue weighted by molar-refractivity contribution is -0.0418. The third-order valence-electron chi connectivity index (χ3n) is 5.40. The van der Waals surface area contributed by atoms with Gasteiger partial charge in [0.15, 0.2) is 0 Å². The molecule has 2 fully saturated rings. The number of rotatable bonds is 2. The van der Waals surface area contributed by atoms with Crippen LogP contribution < -0.4 is 5.73 Å². The van der Waals surface area contributed by atoms with Crippen LogP contribution in [-0.2, 0) is 0 Å². The molecule has 0 saturated heterocycles. The van der Waals surface area contributed by atoms with Crippen molar-refractivity contribution in [2.24, 2.45) is 11.1 Å². The summed E-state index contributed by atoms with van der Waals surface area (Å²) in [4.78, 5) is 4.57. The summed E-state index contributed by atoms with van der Waals surface area (Å²) in [6, 6.07) is 5.62. The summed E-state index contributed by atoms with van der Waals surface area (Å²) in [5, 5.41) is 13.7. The predicted octanol–water partition coefficient (Wildman–Crippen LogP) is 2.74. The first-order valence-electron chi connectivity index (χ1n) is 7.49. The van der Waals surface area contributed by atoms with Gasteiger partial charge < -0.3 is 15.4 Å². The smallest absolute Gasteiger partial charge is 0.230 e. The van der Waals surface area contributed by atoms with Crippen LogP contribution in [0.15, 0.2) is 22.7 Å². The molecule has 21 heavy (non-hydrogen) atoms. The van der Waals surface area contributed by atoms with Crippen molar-refractivity contribution < 1.29 is 9.63 Å². The van der Waals surface area contributed by atoms with E-state index in [9.17, 15) is 5.11 Å². The SMILES string of the molecule is Cc1cc(-c2noc([C@@H]3C[C@H](N)C34CCC4)n2)ccc1O. The molecule has 2 aromatic rings. The van der Waals surface area contributed by atoms with Gasteiger partial charge in [-0.25, -0.2) is 0 Å². The highest BCUT2D eigenvalue weighted by molar-refractivity contribution is 5.58. The van der Waals surface area contributed by atoms with Gasteiger partial charge in [0, 0.05) is 17.5 Å². The molecule has 3 N–H and O–H groups in total. The monoisotopic (exact) mass is 285 g/mol. The molecular weight excluding hydrogens is 266 g/mol. The maximum atomic E-state index is 9.59. The Kier molecular flexibility index (Phi) is 2.63. The molecule has 0 radical (unpaired) electrons. The number of phenolic OH excluding ortho intramolecular Hbond substituents is 1. The standard InChI is InChI=1S/C16H19N3O2/c1-9-7-10(3-4-12(9)20)14-18-15(21-19-14)11-8-13(17)16(11)5-2-6-16/h3-4,7,11,13,20H,2,5-6,8,17H2,1H3/t11-,13-/m0/s1. The van der Waals surface area contributed by atoms with Crippen molar-refractivity contribution in [3.8, 4) is 17.1 Å². The molecule has 1 aromatic heterocycles. The zero-order valence-corrected chi connectivity index (χ0v) is 12.0. The second-order valence-corrected chi connectivity index (χ2v) is 6.44. The van der Waals surface area contributed by atoms with Crippen LogP contribution in [0.1, 0.15) is 43.1 Å². The number of benzene rings is 1. The molecule has 4 rings (SSSR count). The summed E-state index contributed by atoms with van der Waals surface area (Å²) in [6.07, 6.45) is 4.54. The minimum atomic E-state index is 0.217. The molecule has 1 heterocycles. The minimum absolute atomic E-state index is 0.217. The van der Waals surface area contributed by atoms with E-state index in [1.54, 1.807) is 6.07 Å². The number of phenols is 1. The van der Waals surface area contributed by atoms with Crippen molar-refractivity contribution in [1.29, 1.82) is 0 Å². The third-order valence-corrected chi connectivity index (χ3v) is 5.40. The first-order valence-corrected chi connectivity index (χ1v) is 7.49. The van der Waals surface area contributed by atoms with Gasteiger partial charge in [-0.2, -0.15) is 4.98 Å². The minimum Gasteiger partial charge on any atom is -0.508 e. The largest absolute Gasteiger partial charge is 0.508 e. The van der Waals surface area contributed by atoms with E-state index in [2.05, 4.69) is 10.1 Å². The number of nitrogens with zero attached hydrogens (tertiary/aromatic N) is 2. The van der Waals surface area contributed by atoms with Gasteiger partial charge in [-0.1, -0.05) is 11.6 Å². The third kappa shape index (κ3) is 1.73. The van der Waals surface area contributed by atoms with Crippen molar-refractivity contribution in [3.63, 3.8) is 0 Å². The van der Waals surface area contributed by atoms with Gasteiger partial charge in [-0.15, -0.1) is 0 Å². The summed E-state index contributed by atoms with van der Waals surface area (Å²) >= 11 is 0. The van der Waals surface area contributed by atoms with Gasteiger partial charge in [0.05, 0.1) is 0 Å².